The molecule has 2 atom stereocenters. The lowest BCUT2D eigenvalue weighted by Crippen LogP contribution is -2.39. The van der Waals surface area contributed by atoms with Crippen LogP contribution in [-0.4, -0.2) is 56.0 Å². The number of sulfone groups is 1. The van der Waals surface area contributed by atoms with Gasteiger partial charge >= 0.3 is 0 Å². The first-order valence-electron chi connectivity index (χ1n) is 5.93. The summed E-state index contributed by atoms with van der Waals surface area (Å²) in [6.07, 6.45) is 5.92. The van der Waals surface area contributed by atoms with Gasteiger partial charge in [0, 0.05) is 23.6 Å². The zero-order chi connectivity index (χ0) is 12.2. The van der Waals surface area contributed by atoms with Gasteiger partial charge in [0.2, 0.25) is 0 Å². The maximum atomic E-state index is 11.4. The monoisotopic (exact) mass is 265 g/mol. The van der Waals surface area contributed by atoms with E-state index in [4.69, 9.17) is 0 Å². The molecular formula is C11H23NO2S2. The van der Waals surface area contributed by atoms with Gasteiger partial charge in [0.05, 0.1) is 5.75 Å². The van der Waals surface area contributed by atoms with Crippen LogP contribution in [0.4, 0.5) is 0 Å². The molecule has 1 aliphatic carbocycles. The van der Waals surface area contributed by atoms with Gasteiger partial charge < -0.3 is 4.90 Å². The second kappa shape index (κ2) is 6.26. The highest BCUT2D eigenvalue weighted by Crippen LogP contribution is 2.31. The second-order valence-electron chi connectivity index (χ2n) is 4.49. The van der Waals surface area contributed by atoms with Gasteiger partial charge in [-0.1, -0.05) is 13.3 Å². The molecule has 96 valence electrons. The van der Waals surface area contributed by atoms with Gasteiger partial charge in [0.1, 0.15) is 0 Å². The molecule has 0 amide bonds. The van der Waals surface area contributed by atoms with Crippen LogP contribution < -0.4 is 0 Å². The quantitative estimate of drug-likeness (QED) is 0.731. The highest BCUT2D eigenvalue weighted by molar-refractivity contribution is 7.99. The molecule has 0 saturated heterocycles. The average molecular weight is 265 g/mol. The maximum Gasteiger partial charge on any atom is 0.151 e. The molecule has 0 aromatic rings. The van der Waals surface area contributed by atoms with Crippen molar-refractivity contribution in [3.8, 4) is 0 Å². The number of thioether (sulfide) groups is 1. The van der Waals surface area contributed by atoms with Gasteiger partial charge in [-0.3, -0.25) is 0 Å². The van der Waals surface area contributed by atoms with Crippen LogP contribution in [0.3, 0.4) is 0 Å². The van der Waals surface area contributed by atoms with E-state index in [0.717, 1.165) is 0 Å². The topological polar surface area (TPSA) is 37.4 Å². The summed E-state index contributed by atoms with van der Waals surface area (Å²) in [5.41, 5.74) is 0. The lowest BCUT2D eigenvalue weighted by Gasteiger charge is -2.28. The highest BCUT2D eigenvalue weighted by atomic mass is 32.2. The van der Waals surface area contributed by atoms with Crippen molar-refractivity contribution in [2.24, 2.45) is 0 Å². The number of hydrogen-bond acceptors (Lipinski definition) is 4. The molecule has 0 aromatic carbocycles. The largest absolute Gasteiger partial charge is 0.301 e. The number of rotatable bonds is 6. The first-order chi connectivity index (χ1) is 7.50. The van der Waals surface area contributed by atoms with E-state index in [1.54, 1.807) is 6.92 Å². The molecule has 16 heavy (non-hydrogen) atoms. The minimum atomic E-state index is -2.82. The lowest BCUT2D eigenvalue weighted by atomic mass is 10.2. The van der Waals surface area contributed by atoms with Crippen LogP contribution in [0.5, 0.6) is 0 Å². The fraction of sp³-hybridized carbons (Fsp3) is 1.00. The molecule has 1 aliphatic rings. The molecule has 1 saturated carbocycles. The normalized spacial score (nSPS) is 26.5. The van der Waals surface area contributed by atoms with Gasteiger partial charge in [-0.05, 0) is 26.1 Å². The van der Waals surface area contributed by atoms with E-state index in [0.29, 0.717) is 23.6 Å². The summed E-state index contributed by atoms with van der Waals surface area (Å²) in [6.45, 7) is 2.40. The Bertz CT molecular complexity index is 303. The fourth-order valence-electron chi connectivity index (χ4n) is 2.28. The van der Waals surface area contributed by atoms with Gasteiger partial charge in [0.25, 0.3) is 0 Å². The molecular weight excluding hydrogens is 242 g/mol. The lowest BCUT2D eigenvalue weighted by molar-refractivity contribution is 0.264. The Labute approximate surface area is 104 Å². The van der Waals surface area contributed by atoms with E-state index in [1.165, 1.54) is 19.3 Å². The first-order valence-corrected chi connectivity index (χ1v) is 9.04. The molecule has 1 fully saturated rings. The minimum Gasteiger partial charge on any atom is -0.301 e. The van der Waals surface area contributed by atoms with Crippen molar-refractivity contribution in [3.05, 3.63) is 0 Å². The number of nitrogens with zero attached hydrogens (tertiary/aromatic N) is 1. The van der Waals surface area contributed by atoms with Gasteiger partial charge in [-0.25, -0.2) is 8.42 Å². The predicted octanol–water partition coefficient (Wildman–Crippen LogP) is 1.64. The van der Waals surface area contributed by atoms with Gasteiger partial charge in [-0.2, -0.15) is 11.8 Å². The van der Waals surface area contributed by atoms with E-state index in [-0.39, 0.29) is 5.75 Å². The van der Waals surface area contributed by atoms with Crippen molar-refractivity contribution in [2.45, 2.75) is 37.5 Å². The van der Waals surface area contributed by atoms with Crippen molar-refractivity contribution >= 4 is 21.6 Å². The molecule has 0 aromatic heterocycles. The molecule has 5 heteroatoms. The smallest absolute Gasteiger partial charge is 0.151 e. The average Bonchev–Trinajstić information content (AvgIpc) is 2.74. The molecule has 1 rings (SSSR count). The van der Waals surface area contributed by atoms with Crippen molar-refractivity contribution in [2.75, 3.05) is 31.4 Å². The van der Waals surface area contributed by atoms with E-state index >= 15 is 0 Å². The van der Waals surface area contributed by atoms with Crippen LogP contribution in [0.25, 0.3) is 0 Å². The third-order valence-electron chi connectivity index (χ3n) is 3.48. The summed E-state index contributed by atoms with van der Waals surface area (Å²) in [7, 11) is -0.757. The molecule has 0 N–H and O–H groups in total. The molecule has 0 aliphatic heterocycles. The van der Waals surface area contributed by atoms with E-state index in [2.05, 4.69) is 18.2 Å². The summed E-state index contributed by atoms with van der Waals surface area (Å²) in [5.74, 6) is 0.565. The Morgan fingerprint density at radius 1 is 1.38 bits per heavy atom. The van der Waals surface area contributed by atoms with Crippen molar-refractivity contribution < 1.29 is 8.42 Å². The Hall–Kier alpha value is 0.260. The first kappa shape index (κ1) is 14.3. The minimum absolute atomic E-state index is 0.261. The van der Waals surface area contributed by atoms with Crippen molar-refractivity contribution in [3.63, 3.8) is 0 Å². The Balaban J connectivity index is 2.43. The van der Waals surface area contributed by atoms with Crippen LogP contribution in [-0.2, 0) is 9.84 Å². The summed E-state index contributed by atoms with van der Waals surface area (Å²) >= 11 is 1.92. The molecule has 0 radical (unpaired) electrons. The Morgan fingerprint density at radius 2 is 2.06 bits per heavy atom. The van der Waals surface area contributed by atoms with Crippen LogP contribution in [0, 0.1) is 0 Å². The molecule has 2 unspecified atom stereocenters. The highest BCUT2D eigenvalue weighted by Gasteiger charge is 2.29. The predicted molar refractivity (Wildman–Crippen MR) is 71.9 cm³/mol. The fourth-order valence-corrected chi connectivity index (χ4v) is 4.19. The van der Waals surface area contributed by atoms with E-state index in [9.17, 15) is 8.42 Å². The molecule has 3 nitrogen and oxygen atoms in total. The summed E-state index contributed by atoms with van der Waals surface area (Å²) in [6, 6.07) is 0.571. The van der Waals surface area contributed by atoms with Crippen LogP contribution in [0.15, 0.2) is 0 Å². The summed E-state index contributed by atoms with van der Waals surface area (Å²) < 4.78 is 22.9. The third kappa shape index (κ3) is 3.93. The van der Waals surface area contributed by atoms with Crippen molar-refractivity contribution in [1.82, 2.24) is 4.90 Å². The Kier molecular flexibility index (Phi) is 5.61. The zero-order valence-corrected chi connectivity index (χ0v) is 12.1. The number of hydrogen-bond donors (Lipinski definition) is 0. The SMILES string of the molecule is CCS(=O)(=O)CCN(C)C1CCCC1SC. The standard InChI is InChI=1S/C11H23NO2S2/c1-4-16(13,14)9-8-12(2)10-6-5-7-11(10)15-3/h10-11H,4-9H2,1-3H3. The van der Waals surface area contributed by atoms with Gasteiger partial charge in [-0.15, -0.1) is 0 Å². The Morgan fingerprint density at radius 3 is 2.62 bits per heavy atom. The van der Waals surface area contributed by atoms with Crippen LogP contribution in [0.2, 0.25) is 0 Å². The summed E-state index contributed by atoms with van der Waals surface area (Å²) in [5, 5.41) is 0.689. The van der Waals surface area contributed by atoms with Crippen LogP contribution >= 0.6 is 11.8 Å². The maximum absolute atomic E-state index is 11.4. The molecule has 0 bridgehead atoms. The van der Waals surface area contributed by atoms with E-state index in [1.807, 2.05) is 11.8 Å². The van der Waals surface area contributed by atoms with Gasteiger partial charge in [0.15, 0.2) is 9.84 Å². The van der Waals surface area contributed by atoms with E-state index < -0.39 is 9.84 Å². The molecule has 0 heterocycles. The third-order valence-corrected chi connectivity index (χ3v) is 6.32. The zero-order valence-electron chi connectivity index (χ0n) is 10.5. The second-order valence-corrected chi connectivity index (χ2v) is 8.04. The van der Waals surface area contributed by atoms with Crippen molar-refractivity contribution in [1.29, 1.82) is 0 Å². The molecule has 0 spiro atoms. The summed E-state index contributed by atoms with van der Waals surface area (Å²) in [4.78, 5) is 2.24. The van der Waals surface area contributed by atoms with Crippen LogP contribution in [0.1, 0.15) is 26.2 Å².